The Bertz CT molecular complexity index is 405. The van der Waals surface area contributed by atoms with Crippen molar-refractivity contribution in [3.63, 3.8) is 0 Å². The largest absolute Gasteiger partial charge is 0.226 e. The zero-order valence-electron chi connectivity index (χ0n) is 8.16. The third kappa shape index (κ3) is 3.05. The monoisotopic (exact) mass is 371 g/mol. The van der Waals surface area contributed by atoms with Gasteiger partial charge in [-0.2, -0.15) is 0 Å². The van der Waals surface area contributed by atoms with Gasteiger partial charge < -0.3 is 0 Å². The minimum atomic E-state index is -2.07. The highest BCUT2D eigenvalue weighted by Gasteiger charge is 2.61. The lowest BCUT2D eigenvalue weighted by atomic mass is 10.0. The highest BCUT2D eigenvalue weighted by molar-refractivity contribution is 6.78. The molecule has 17 heavy (non-hydrogen) atoms. The van der Waals surface area contributed by atoms with Crippen LogP contribution in [0.5, 0.6) is 0 Å². The van der Waals surface area contributed by atoms with Gasteiger partial charge in [0, 0.05) is 0 Å². The first-order chi connectivity index (χ1) is 7.52. The minimum Gasteiger partial charge on any atom is -0.0930 e. The highest BCUT2D eigenvalue weighted by atomic mass is 35.6. The Balaban J connectivity index is 3.34. The fourth-order valence-electron chi connectivity index (χ4n) is 1.17. The Kier molecular flexibility index (Phi) is 5.11. The van der Waals surface area contributed by atoms with Crippen LogP contribution in [0.15, 0.2) is 24.3 Å². The summed E-state index contributed by atoms with van der Waals surface area (Å²) in [7, 11) is 0. The van der Waals surface area contributed by atoms with Gasteiger partial charge in [0.2, 0.25) is 8.13 Å². The van der Waals surface area contributed by atoms with Gasteiger partial charge in [-0.25, -0.2) is 0 Å². The molecule has 0 spiro atoms. The summed E-state index contributed by atoms with van der Waals surface area (Å²) in [5, 5.41) is 0. The standard InChI is InChI=1S/C10H6Cl7/c1-6-4-2-3-5-7(6)8(11,12)9(13,14)10(15,16)17/h2-5H,1H2. The quantitative estimate of drug-likeness (QED) is 0.554. The van der Waals surface area contributed by atoms with E-state index in [2.05, 4.69) is 6.92 Å². The van der Waals surface area contributed by atoms with Gasteiger partial charge in [0.05, 0.1) is 0 Å². The number of benzene rings is 1. The minimum absolute atomic E-state index is 0.375. The second kappa shape index (κ2) is 5.32. The Labute approximate surface area is 135 Å². The molecular formula is C10H6Cl7. The van der Waals surface area contributed by atoms with Crippen LogP contribution >= 0.6 is 81.2 Å². The van der Waals surface area contributed by atoms with E-state index in [-0.39, 0.29) is 0 Å². The van der Waals surface area contributed by atoms with E-state index in [0.29, 0.717) is 11.1 Å². The average Bonchev–Trinajstić information content (AvgIpc) is 2.16. The predicted molar refractivity (Wildman–Crippen MR) is 79.0 cm³/mol. The zero-order chi connectivity index (χ0) is 13.5. The van der Waals surface area contributed by atoms with E-state index in [4.69, 9.17) is 81.2 Å². The molecule has 95 valence electrons. The summed E-state index contributed by atoms with van der Waals surface area (Å²) in [6, 6.07) is 6.76. The van der Waals surface area contributed by atoms with Crippen LogP contribution in [-0.2, 0) is 4.33 Å². The van der Waals surface area contributed by atoms with E-state index in [0.717, 1.165) is 0 Å². The molecule has 0 amide bonds. The molecule has 0 saturated heterocycles. The maximum atomic E-state index is 6.15. The molecule has 0 N–H and O–H groups in total. The first-order valence-electron chi connectivity index (χ1n) is 4.25. The fourth-order valence-corrected chi connectivity index (χ4v) is 2.74. The molecule has 0 saturated carbocycles. The van der Waals surface area contributed by atoms with E-state index < -0.39 is 12.5 Å². The smallest absolute Gasteiger partial charge is 0.0930 e. The van der Waals surface area contributed by atoms with Gasteiger partial charge in [0.1, 0.15) is 0 Å². The normalized spacial score (nSPS) is 13.9. The zero-order valence-corrected chi connectivity index (χ0v) is 13.5. The van der Waals surface area contributed by atoms with Gasteiger partial charge in [0.15, 0.2) is 4.33 Å². The maximum Gasteiger partial charge on any atom is 0.226 e. The number of rotatable bonds is 2. The molecule has 0 aliphatic heterocycles. The van der Waals surface area contributed by atoms with Gasteiger partial charge in [0.25, 0.3) is 0 Å². The van der Waals surface area contributed by atoms with Crippen molar-refractivity contribution < 1.29 is 0 Å². The lowest BCUT2D eigenvalue weighted by molar-refractivity contribution is 0.697. The molecule has 0 fully saturated rings. The summed E-state index contributed by atoms with van der Waals surface area (Å²) in [5.74, 6) is 0. The molecular weight excluding hydrogens is 368 g/mol. The van der Waals surface area contributed by atoms with E-state index in [1.54, 1.807) is 24.3 Å². The van der Waals surface area contributed by atoms with E-state index in [1.165, 1.54) is 0 Å². The van der Waals surface area contributed by atoms with Crippen LogP contribution in [0, 0.1) is 6.92 Å². The van der Waals surface area contributed by atoms with Crippen LogP contribution in [-0.4, -0.2) is 8.13 Å². The molecule has 0 aliphatic rings. The summed E-state index contributed by atoms with van der Waals surface area (Å²) < 4.78 is -5.93. The lowest BCUT2D eigenvalue weighted by Crippen LogP contribution is -2.45. The summed E-state index contributed by atoms with van der Waals surface area (Å²) >= 11 is 41.3. The Hall–Kier alpha value is 1.25. The molecule has 1 aromatic carbocycles. The van der Waals surface area contributed by atoms with Crippen molar-refractivity contribution in [3.8, 4) is 0 Å². The first kappa shape index (κ1) is 16.3. The third-order valence-electron chi connectivity index (χ3n) is 2.11. The maximum absolute atomic E-state index is 6.15. The number of alkyl halides is 7. The molecule has 0 atom stereocenters. The van der Waals surface area contributed by atoms with Crippen LogP contribution in [0.2, 0.25) is 0 Å². The van der Waals surface area contributed by atoms with Crippen LogP contribution in [0.1, 0.15) is 11.1 Å². The second-order valence-corrected chi connectivity index (χ2v) is 8.24. The summed E-state index contributed by atoms with van der Waals surface area (Å²) in [6.07, 6.45) is 0. The number of hydrogen-bond donors (Lipinski definition) is 0. The summed E-state index contributed by atoms with van der Waals surface area (Å²) in [6.45, 7) is 3.77. The highest BCUT2D eigenvalue weighted by Crippen LogP contribution is 2.60. The van der Waals surface area contributed by atoms with Gasteiger partial charge >= 0.3 is 0 Å². The van der Waals surface area contributed by atoms with Crippen molar-refractivity contribution >= 4 is 81.2 Å². The summed E-state index contributed by atoms with van der Waals surface area (Å²) in [4.78, 5) is 0. The van der Waals surface area contributed by atoms with E-state index in [1.807, 2.05) is 0 Å². The van der Waals surface area contributed by atoms with E-state index in [9.17, 15) is 0 Å². The van der Waals surface area contributed by atoms with Crippen LogP contribution in [0.4, 0.5) is 0 Å². The van der Waals surface area contributed by atoms with Crippen molar-refractivity contribution in [2.24, 2.45) is 0 Å². The van der Waals surface area contributed by atoms with Gasteiger partial charge in [-0.15, -0.1) is 0 Å². The van der Waals surface area contributed by atoms with Crippen molar-refractivity contribution in [3.05, 3.63) is 42.3 Å². The van der Waals surface area contributed by atoms with Crippen molar-refractivity contribution in [2.45, 2.75) is 12.5 Å². The lowest BCUT2D eigenvalue weighted by Gasteiger charge is -2.38. The molecule has 0 aliphatic carbocycles. The van der Waals surface area contributed by atoms with E-state index >= 15 is 0 Å². The molecule has 0 unspecified atom stereocenters. The molecule has 1 radical (unpaired) electrons. The van der Waals surface area contributed by atoms with Crippen molar-refractivity contribution in [2.75, 3.05) is 0 Å². The molecule has 7 heteroatoms. The topological polar surface area (TPSA) is 0 Å². The van der Waals surface area contributed by atoms with Crippen molar-refractivity contribution in [1.82, 2.24) is 0 Å². The summed E-state index contributed by atoms with van der Waals surface area (Å²) in [5.41, 5.74) is 0.914. The number of halogens is 7. The average molecular weight is 374 g/mol. The van der Waals surface area contributed by atoms with Crippen LogP contribution in [0.25, 0.3) is 0 Å². The molecule has 1 rings (SSSR count). The Morgan fingerprint density at radius 2 is 1.29 bits per heavy atom. The molecule has 0 aromatic heterocycles. The Morgan fingerprint density at radius 3 is 1.71 bits per heavy atom. The van der Waals surface area contributed by atoms with Gasteiger partial charge in [-0.3, -0.25) is 0 Å². The molecule has 0 bridgehead atoms. The molecule has 0 nitrogen and oxygen atoms in total. The van der Waals surface area contributed by atoms with Gasteiger partial charge in [-0.05, 0) is 18.1 Å². The molecule has 0 heterocycles. The van der Waals surface area contributed by atoms with Gasteiger partial charge in [-0.1, -0.05) is 105 Å². The predicted octanol–water partition coefficient (Wildman–Crippen LogP) is 6.04. The fraction of sp³-hybridized carbons (Fsp3) is 0.300. The first-order valence-corrected chi connectivity index (χ1v) is 6.90. The van der Waals surface area contributed by atoms with Crippen molar-refractivity contribution in [1.29, 1.82) is 0 Å². The Morgan fingerprint density at radius 1 is 0.824 bits per heavy atom. The van der Waals surface area contributed by atoms with Crippen LogP contribution < -0.4 is 0 Å². The third-order valence-corrected chi connectivity index (χ3v) is 6.03. The van der Waals surface area contributed by atoms with Crippen LogP contribution in [0.3, 0.4) is 0 Å². The number of hydrogen-bond acceptors (Lipinski definition) is 0. The molecule has 1 aromatic rings. The second-order valence-electron chi connectivity index (χ2n) is 3.30. The SMILES string of the molecule is [CH2]c1ccccc1C(Cl)(Cl)C(Cl)(Cl)C(Cl)(Cl)Cl.